The number of hydrogen-bond donors (Lipinski definition) is 0. The lowest BCUT2D eigenvalue weighted by atomic mass is 9.95. The number of nitrogens with zero attached hydrogens (tertiary/aromatic N) is 2. The monoisotopic (exact) mass is 536 g/mol. The fourth-order valence-electron chi connectivity index (χ4n) is 6.31. The summed E-state index contributed by atoms with van der Waals surface area (Å²) in [4.78, 5) is 9.84. The largest absolute Gasteiger partial charge is 0.254 e. The first-order valence-electron chi connectivity index (χ1n) is 14.4. The number of rotatable bonds is 3. The Bertz CT molecular complexity index is 2310. The van der Waals surface area contributed by atoms with Crippen LogP contribution in [0.1, 0.15) is 11.1 Å². The summed E-state index contributed by atoms with van der Waals surface area (Å²) in [7, 11) is 0. The first-order chi connectivity index (χ1) is 20.6. The molecule has 0 radical (unpaired) electrons. The van der Waals surface area contributed by atoms with Gasteiger partial charge in [0.25, 0.3) is 0 Å². The lowest BCUT2D eigenvalue weighted by molar-refractivity contribution is 1.33. The van der Waals surface area contributed by atoms with Crippen molar-refractivity contribution in [2.45, 2.75) is 13.8 Å². The zero-order valence-corrected chi connectivity index (χ0v) is 23.6. The first-order valence-corrected chi connectivity index (χ1v) is 14.4. The van der Waals surface area contributed by atoms with E-state index in [2.05, 4.69) is 135 Å². The van der Waals surface area contributed by atoms with Crippen LogP contribution in [0, 0.1) is 13.8 Å². The van der Waals surface area contributed by atoms with Crippen LogP contribution in [0.2, 0.25) is 0 Å². The second kappa shape index (κ2) is 9.64. The van der Waals surface area contributed by atoms with Crippen LogP contribution in [0.25, 0.3) is 76.9 Å². The molecule has 0 amide bonds. The van der Waals surface area contributed by atoms with Crippen LogP contribution in [-0.2, 0) is 0 Å². The SMILES string of the molecule is Cc1c(C)c2ccc(-c3ccc4cc(-c5ccc(-c6cccc7ccccc67)cc5)ccc4c3)nc2c2ncccc12. The molecule has 2 nitrogen and oxygen atoms in total. The number of hydrogen-bond acceptors (Lipinski definition) is 2. The summed E-state index contributed by atoms with van der Waals surface area (Å²) in [6.45, 7) is 4.35. The number of pyridine rings is 2. The topological polar surface area (TPSA) is 25.8 Å². The predicted octanol–water partition coefficient (Wildman–Crippen LogP) is 10.7. The van der Waals surface area contributed by atoms with E-state index in [0.717, 1.165) is 22.3 Å². The van der Waals surface area contributed by atoms with Gasteiger partial charge in [0.2, 0.25) is 0 Å². The van der Waals surface area contributed by atoms with E-state index in [-0.39, 0.29) is 0 Å². The Morgan fingerprint density at radius 1 is 0.429 bits per heavy atom. The molecule has 8 rings (SSSR count). The lowest BCUT2D eigenvalue weighted by Gasteiger charge is -2.12. The van der Waals surface area contributed by atoms with Crippen molar-refractivity contribution in [3.8, 4) is 33.5 Å². The van der Waals surface area contributed by atoms with Crippen molar-refractivity contribution in [1.29, 1.82) is 0 Å². The number of aryl methyl sites for hydroxylation is 2. The minimum atomic E-state index is 0.965. The molecule has 0 bridgehead atoms. The van der Waals surface area contributed by atoms with Crippen molar-refractivity contribution >= 4 is 43.4 Å². The minimum absolute atomic E-state index is 0.965. The molecule has 0 aliphatic carbocycles. The van der Waals surface area contributed by atoms with Crippen LogP contribution in [0.3, 0.4) is 0 Å². The zero-order valence-electron chi connectivity index (χ0n) is 23.6. The van der Waals surface area contributed by atoms with E-state index in [9.17, 15) is 0 Å². The van der Waals surface area contributed by atoms with Crippen LogP contribution in [-0.4, -0.2) is 9.97 Å². The molecule has 2 heterocycles. The minimum Gasteiger partial charge on any atom is -0.254 e. The normalized spacial score (nSPS) is 11.6. The lowest BCUT2D eigenvalue weighted by Crippen LogP contribution is -1.94. The van der Waals surface area contributed by atoms with E-state index in [1.165, 1.54) is 65.7 Å². The maximum atomic E-state index is 5.14. The molecule has 0 aliphatic rings. The van der Waals surface area contributed by atoms with Gasteiger partial charge in [0.05, 0.1) is 16.7 Å². The van der Waals surface area contributed by atoms with E-state index in [0.29, 0.717) is 0 Å². The highest BCUT2D eigenvalue weighted by Gasteiger charge is 2.13. The summed E-state index contributed by atoms with van der Waals surface area (Å²) < 4.78 is 0. The van der Waals surface area contributed by atoms with Gasteiger partial charge in [-0.3, -0.25) is 4.98 Å². The average Bonchev–Trinajstić information content (AvgIpc) is 3.06. The van der Waals surface area contributed by atoms with Crippen LogP contribution in [0.15, 0.2) is 134 Å². The van der Waals surface area contributed by atoms with E-state index >= 15 is 0 Å². The molecule has 0 saturated heterocycles. The van der Waals surface area contributed by atoms with E-state index in [4.69, 9.17) is 9.97 Å². The van der Waals surface area contributed by atoms with Gasteiger partial charge in [-0.25, -0.2) is 4.98 Å². The van der Waals surface area contributed by atoms with Gasteiger partial charge in [-0.05, 0) is 93.0 Å². The summed E-state index contributed by atoms with van der Waals surface area (Å²) >= 11 is 0. The van der Waals surface area contributed by atoms with Gasteiger partial charge in [0.1, 0.15) is 0 Å². The number of aromatic nitrogens is 2. The molecule has 0 aliphatic heterocycles. The predicted molar refractivity (Wildman–Crippen MR) is 178 cm³/mol. The van der Waals surface area contributed by atoms with Gasteiger partial charge in [-0.2, -0.15) is 0 Å². The molecule has 198 valence electrons. The van der Waals surface area contributed by atoms with E-state index < -0.39 is 0 Å². The zero-order chi connectivity index (χ0) is 28.2. The van der Waals surface area contributed by atoms with Gasteiger partial charge in [-0.1, -0.05) is 103 Å². The van der Waals surface area contributed by atoms with Crippen molar-refractivity contribution in [3.63, 3.8) is 0 Å². The van der Waals surface area contributed by atoms with Crippen LogP contribution in [0.4, 0.5) is 0 Å². The maximum absolute atomic E-state index is 5.14. The summed E-state index contributed by atoms with van der Waals surface area (Å²) in [6.07, 6.45) is 1.86. The molecule has 2 heteroatoms. The molecule has 2 aromatic heterocycles. The molecular formula is C40H28N2. The fourth-order valence-corrected chi connectivity index (χ4v) is 6.31. The summed E-state index contributed by atoms with van der Waals surface area (Å²) in [5, 5.41) is 7.30. The Morgan fingerprint density at radius 2 is 1.07 bits per heavy atom. The van der Waals surface area contributed by atoms with Gasteiger partial charge in [0.15, 0.2) is 0 Å². The average molecular weight is 537 g/mol. The second-order valence-corrected chi connectivity index (χ2v) is 11.1. The van der Waals surface area contributed by atoms with Crippen LogP contribution < -0.4 is 0 Å². The third-order valence-electron chi connectivity index (χ3n) is 8.75. The molecular weight excluding hydrogens is 508 g/mol. The third kappa shape index (κ3) is 3.95. The number of fused-ring (bicyclic) bond motifs is 5. The van der Waals surface area contributed by atoms with Gasteiger partial charge in [-0.15, -0.1) is 0 Å². The Kier molecular flexibility index (Phi) is 5.61. The Balaban J connectivity index is 1.15. The van der Waals surface area contributed by atoms with Crippen molar-refractivity contribution in [1.82, 2.24) is 9.97 Å². The highest BCUT2D eigenvalue weighted by Crippen LogP contribution is 2.34. The smallest absolute Gasteiger partial charge is 0.0974 e. The molecule has 0 fully saturated rings. The van der Waals surface area contributed by atoms with Crippen LogP contribution in [0.5, 0.6) is 0 Å². The highest BCUT2D eigenvalue weighted by molar-refractivity contribution is 6.07. The first kappa shape index (κ1) is 24.5. The highest BCUT2D eigenvalue weighted by atomic mass is 14.8. The third-order valence-corrected chi connectivity index (χ3v) is 8.75. The Morgan fingerprint density at radius 3 is 1.90 bits per heavy atom. The van der Waals surface area contributed by atoms with Crippen molar-refractivity contribution in [2.24, 2.45) is 0 Å². The van der Waals surface area contributed by atoms with Gasteiger partial charge >= 0.3 is 0 Å². The quantitative estimate of drug-likeness (QED) is 0.210. The summed E-state index contributed by atoms with van der Waals surface area (Å²) in [5.41, 5.74) is 11.5. The summed E-state index contributed by atoms with van der Waals surface area (Å²) in [5.74, 6) is 0. The maximum Gasteiger partial charge on any atom is 0.0974 e. The van der Waals surface area contributed by atoms with Crippen molar-refractivity contribution < 1.29 is 0 Å². The standard InChI is InChI=1S/C40H28N2/c1-25-26(2)35-20-21-38(42-40(35)39-34(25)11-6-22-41-39)33-19-18-31-23-30(16-17-32(31)24-33)27-12-14-29(15-13-27)37-10-5-8-28-7-3-4-9-36(28)37/h3-24H,1-2H3. The van der Waals surface area contributed by atoms with Crippen LogP contribution >= 0.6 is 0 Å². The summed E-state index contributed by atoms with van der Waals surface area (Å²) in [6, 6.07) is 45.8. The Labute approximate surface area is 244 Å². The van der Waals surface area contributed by atoms with Crippen molar-refractivity contribution in [3.05, 3.63) is 145 Å². The molecule has 0 saturated carbocycles. The van der Waals surface area contributed by atoms with Gasteiger partial charge < -0.3 is 0 Å². The van der Waals surface area contributed by atoms with Crippen molar-refractivity contribution in [2.75, 3.05) is 0 Å². The van der Waals surface area contributed by atoms with E-state index in [1.54, 1.807) is 0 Å². The molecule has 6 aromatic carbocycles. The molecule has 0 atom stereocenters. The molecule has 0 N–H and O–H groups in total. The van der Waals surface area contributed by atoms with Gasteiger partial charge in [0, 0.05) is 22.5 Å². The molecule has 42 heavy (non-hydrogen) atoms. The Hall–Kier alpha value is -5.34. The van der Waals surface area contributed by atoms with E-state index in [1.807, 2.05) is 12.3 Å². The number of benzene rings is 6. The fraction of sp³-hybridized carbons (Fsp3) is 0.0500. The molecule has 8 aromatic rings. The second-order valence-electron chi connectivity index (χ2n) is 11.1. The molecule has 0 unspecified atom stereocenters. The molecule has 0 spiro atoms.